The van der Waals surface area contributed by atoms with E-state index in [1.807, 2.05) is 11.9 Å². The molecular formula is C12H15BrClN3O. The maximum Gasteiger partial charge on any atom is 0.285 e. The van der Waals surface area contributed by atoms with Gasteiger partial charge in [0.1, 0.15) is 10.3 Å². The number of hydrogen-bond donors (Lipinski definition) is 1. The van der Waals surface area contributed by atoms with Gasteiger partial charge in [-0.2, -0.15) is 0 Å². The van der Waals surface area contributed by atoms with Gasteiger partial charge in [0.2, 0.25) is 0 Å². The van der Waals surface area contributed by atoms with Crippen molar-refractivity contribution in [2.75, 3.05) is 13.1 Å². The second-order valence-corrected chi connectivity index (χ2v) is 5.57. The Bertz CT molecular complexity index is 461. The highest BCUT2D eigenvalue weighted by atomic mass is 79.9. The minimum Gasteiger partial charge on any atom is -0.283 e. The molecular weight excluding hydrogens is 318 g/mol. The summed E-state index contributed by atoms with van der Waals surface area (Å²) in [6.07, 6.45) is 3.44. The first-order valence-corrected chi connectivity index (χ1v) is 7.13. The van der Waals surface area contributed by atoms with Crippen LogP contribution >= 0.6 is 27.5 Å². The monoisotopic (exact) mass is 331 g/mol. The molecule has 2 heterocycles. The molecule has 0 aromatic carbocycles. The van der Waals surface area contributed by atoms with Crippen molar-refractivity contribution in [3.8, 4) is 0 Å². The Balaban J connectivity index is 2.10. The molecule has 1 saturated heterocycles. The molecule has 0 bridgehead atoms. The summed E-state index contributed by atoms with van der Waals surface area (Å²) in [6, 6.07) is 1.74. The Morgan fingerprint density at radius 3 is 2.78 bits per heavy atom. The number of amides is 1. The molecule has 0 radical (unpaired) electrons. The lowest BCUT2D eigenvalue weighted by Crippen LogP contribution is -2.45. The maximum atomic E-state index is 12.1. The van der Waals surface area contributed by atoms with Crippen LogP contribution < -0.4 is 5.43 Å². The lowest BCUT2D eigenvalue weighted by molar-refractivity contribution is 0.0745. The Hall–Kier alpha value is -0.650. The van der Waals surface area contributed by atoms with Crippen LogP contribution in [0.4, 0.5) is 0 Å². The number of rotatable bonds is 2. The molecule has 0 unspecified atom stereocenters. The first kappa shape index (κ1) is 13.8. The average molecular weight is 333 g/mol. The van der Waals surface area contributed by atoms with Crippen LogP contribution in [0.2, 0.25) is 5.02 Å². The fourth-order valence-corrected chi connectivity index (χ4v) is 2.50. The normalized spacial score (nSPS) is 16.6. The number of pyridine rings is 1. The summed E-state index contributed by atoms with van der Waals surface area (Å²) in [6.45, 7) is 3.65. The summed E-state index contributed by atoms with van der Waals surface area (Å²) in [5.74, 6) is -0.248. The number of aromatic nitrogens is 1. The molecule has 6 heteroatoms. The number of piperidine rings is 1. The number of hydrazine groups is 1. The van der Waals surface area contributed by atoms with Gasteiger partial charge in [0.25, 0.3) is 5.91 Å². The van der Waals surface area contributed by atoms with Crippen molar-refractivity contribution < 1.29 is 4.79 Å². The fraction of sp³-hybridized carbons (Fsp3) is 0.500. The third-order valence-corrected chi connectivity index (χ3v) is 4.03. The van der Waals surface area contributed by atoms with Crippen molar-refractivity contribution in [2.45, 2.75) is 26.2 Å². The zero-order valence-corrected chi connectivity index (χ0v) is 12.5. The van der Waals surface area contributed by atoms with Crippen molar-refractivity contribution in [2.24, 2.45) is 0 Å². The minimum absolute atomic E-state index is 0.248. The topological polar surface area (TPSA) is 45.2 Å². The molecule has 0 atom stereocenters. The van der Waals surface area contributed by atoms with Gasteiger partial charge in [-0.15, -0.1) is 0 Å². The zero-order chi connectivity index (χ0) is 13.1. The molecule has 98 valence electrons. The van der Waals surface area contributed by atoms with E-state index in [9.17, 15) is 4.79 Å². The van der Waals surface area contributed by atoms with Gasteiger partial charge in [-0.25, -0.2) is 9.99 Å². The smallest absolute Gasteiger partial charge is 0.283 e. The Morgan fingerprint density at radius 2 is 2.11 bits per heavy atom. The standard InChI is InChI=1S/C12H15BrClN3O/c1-8-7-9(14)10(15-11(8)13)12(18)16-17-5-3-2-4-6-17/h7H,2-6H2,1H3,(H,16,18). The number of hydrogen-bond acceptors (Lipinski definition) is 3. The van der Waals surface area contributed by atoms with E-state index < -0.39 is 0 Å². The van der Waals surface area contributed by atoms with Crippen LogP contribution in [0.3, 0.4) is 0 Å². The lowest BCUT2D eigenvalue weighted by atomic mass is 10.2. The molecule has 1 N–H and O–H groups in total. The molecule has 0 saturated carbocycles. The molecule has 1 aliphatic rings. The largest absolute Gasteiger partial charge is 0.285 e. The lowest BCUT2D eigenvalue weighted by Gasteiger charge is -2.26. The highest BCUT2D eigenvalue weighted by molar-refractivity contribution is 9.10. The first-order chi connectivity index (χ1) is 8.58. The summed E-state index contributed by atoms with van der Waals surface area (Å²) in [5, 5.41) is 2.31. The number of nitrogens with one attached hydrogen (secondary N) is 1. The van der Waals surface area contributed by atoms with Gasteiger partial charge in [-0.1, -0.05) is 18.0 Å². The zero-order valence-electron chi connectivity index (χ0n) is 10.2. The third kappa shape index (κ3) is 3.22. The van der Waals surface area contributed by atoms with Crippen LogP contribution in [0.5, 0.6) is 0 Å². The molecule has 2 rings (SSSR count). The summed E-state index contributed by atoms with van der Waals surface area (Å²) >= 11 is 9.36. The third-order valence-electron chi connectivity index (χ3n) is 2.94. The predicted octanol–water partition coefficient (Wildman–Crippen LogP) is 2.94. The molecule has 18 heavy (non-hydrogen) atoms. The molecule has 1 aliphatic heterocycles. The van der Waals surface area contributed by atoms with Gasteiger partial charge >= 0.3 is 0 Å². The molecule has 1 fully saturated rings. The van der Waals surface area contributed by atoms with Gasteiger partial charge in [-0.3, -0.25) is 10.2 Å². The van der Waals surface area contributed by atoms with Crippen LogP contribution in [-0.2, 0) is 0 Å². The van der Waals surface area contributed by atoms with E-state index in [-0.39, 0.29) is 11.6 Å². The molecule has 1 aromatic heterocycles. The molecule has 4 nitrogen and oxygen atoms in total. The number of halogens is 2. The number of carbonyl (C=O) groups excluding carboxylic acids is 1. The number of aryl methyl sites for hydroxylation is 1. The van der Waals surface area contributed by atoms with E-state index in [2.05, 4.69) is 26.3 Å². The van der Waals surface area contributed by atoms with Crippen LogP contribution in [-0.4, -0.2) is 29.0 Å². The quantitative estimate of drug-likeness (QED) is 0.847. The van der Waals surface area contributed by atoms with E-state index in [0.29, 0.717) is 9.63 Å². The highest BCUT2D eigenvalue weighted by Gasteiger charge is 2.18. The molecule has 0 aliphatic carbocycles. The summed E-state index contributed by atoms with van der Waals surface area (Å²) < 4.78 is 0.649. The number of nitrogens with zero attached hydrogens (tertiary/aromatic N) is 2. The van der Waals surface area contributed by atoms with Crippen LogP contribution in [0.15, 0.2) is 10.7 Å². The van der Waals surface area contributed by atoms with Crippen LogP contribution in [0.25, 0.3) is 0 Å². The summed E-state index contributed by atoms with van der Waals surface area (Å²) in [7, 11) is 0. The van der Waals surface area contributed by atoms with Gasteiger partial charge in [-0.05, 0) is 47.3 Å². The SMILES string of the molecule is Cc1cc(Cl)c(C(=O)NN2CCCCC2)nc1Br. The Kier molecular flexibility index (Phi) is 4.59. The number of carbonyl (C=O) groups is 1. The van der Waals surface area contributed by atoms with E-state index in [0.717, 1.165) is 31.5 Å². The van der Waals surface area contributed by atoms with Gasteiger partial charge in [0, 0.05) is 13.1 Å². The van der Waals surface area contributed by atoms with Crippen molar-refractivity contribution in [1.82, 2.24) is 15.4 Å². The van der Waals surface area contributed by atoms with Gasteiger partial charge in [0.15, 0.2) is 0 Å². The van der Waals surface area contributed by atoms with Crippen molar-refractivity contribution in [3.05, 3.63) is 26.9 Å². The molecule has 1 aromatic rings. The summed E-state index contributed by atoms with van der Waals surface area (Å²) in [4.78, 5) is 16.3. The van der Waals surface area contributed by atoms with E-state index in [4.69, 9.17) is 11.6 Å². The van der Waals surface area contributed by atoms with Gasteiger partial charge in [0.05, 0.1) is 5.02 Å². The second-order valence-electron chi connectivity index (χ2n) is 4.42. The van der Waals surface area contributed by atoms with Gasteiger partial charge < -0.3 is 0 Å². The van der Waals surface area contributed by atoms with Crippen molar-refractivity contribution in [3.63, 3.8) is 0 Å². The average Bonchev–Trinajstić information content (AvgIpc) is 2.35. The van der Waals surface area contributed by atoms with E-state index >= 15 is 0 Å². The first-order valence-electron chi connectivity index (χ1n) is 5.96. The fourth-order valence-electron chi connectivity index (χ4n) is 1.92. The molecule has 0 spiro atoms. The summed E-state index contributed by atoms with van der Waals surface area (Å²) in [5.41, 5.74) is 4.02. The predicted molar refractivity (Wildman–Crippen MR) is 74.6 cm³/mol. The van der Waals surface area contributed by atoms with Crippen molar-refractivity contribution in [1.29, 1.82) is 0 Å². The van der Waals surface area contributed by atoms with Crippen LogP contribution in [0.1, 0.15) is 35.3 Å². The van der Waals surface area contributed by atoms with E-state index in [1.165, 1.54) is 6.42 Å². The maximum absolute atomic E-state index is 12.1. The minimum atomic E-state index is -0.248. The highest BCUT2D eigenvalue weighted by Crippen LogP contribution is 2.21. The second kappa shape index (κ2) is 5.99. The van der Waals surface area contributed by atoms with E-state index in [1.54, 1.807) is 6.07 Å². The molecule has 1 amide bonds. The Morgan fingerprint density at radius 1 is 1.44 bits per heavy atom. The Labute approximate surface area is 120 Å². The van der Waals surface area contributed by atoms with Crippen LogP contribution in [0, 0.1) is 6.92 Å². The van der Waals surface area contributed by atoms with Crippen molar-refractivity contribution >= 4 is 33.4 Å².